The number of hydrogen-bond acceptors (Lipinski definition) is 3. The fourth-order valence-corrected chi connectivity index (χ4v) is 3.55. The van der Waals surface area contributed by atoms with E-state index in [4.69, 9.17) is 0 Å². The first kappa shape index (κ1) is 11.0. The minimum absolute atomic E-state index is 0.630. The van der Waals surface area contributed by atoms with Gasteiger partial charge in [0.2, 0.25) is 0 Å². The van der Waals surface area contributed by atoms with Crippen LogP contribution in [0.3, 0.4) is 0 Å². The van der Waals surface area contributed by atoms with E-state index in [1.54, 1.807) is 11.3 Å². The van der Waals surface area contributed by atoms with E-state index in [0.29, 0.717) is 11.2 Å². The summed E-state index contributed by atoms with van der Waals surface area (Å²) in [4.78, 5) is 4.62. The van der Waals surface area contributed by atoms with Crippen LogP contribution in [0.25, 0.3) is 10.2 Å². The molecule has 1 nitrogen and oxygen atoms in total. The summed E-state index contributed by atoms with van der Waals surface area (Å²) in [5.74, 6) is 0.696. The Morgan fingerprint density at radius 1 is 1.20 bits per heavy atom. The first-order chi connectivity index (χ1) is 7.16. The monoisotopic (exact) mass is 237 g/mol. The van der Waals surface area contributed by atoms with Gasteiger partial charge in [0.25, 0.3) is 0 Å². The van der Waals surface area contributed by atoms with Crippen molar-refractivity contribution in [3.05, 3.63) is 24.3 Å². The SMILES string of the molecule is CC(C)C(C)Sc1nc2ccccc2s1. The molecule has 0 aliphatic heterocycles. The molecule has 0 amide bonds. The van der Waals surface area contributed by atoms with Gasteiger partial charge in [-0.3, -0.25) is 0 Å². The van der Waals surface area contributed by atoms with Crippen molar-refractivity contribution < 1.29 is 0 Å². The van der Waals surface area contributed by atoms with E-state index in [-0.39, 0.29) is 0 Å². The summed E-state index contributed by atoms with van der Waals surface area (Å²) in [6.45, 7) is 6.78. The molecule has 0 saturated heterocycles. The molecule has 0 spiro atoms. The summed E-state index contributed by atoms with van der Waals surface area (Å²) in [5, 5.41) is 0.630. The van der Waals surface area contributed by atoms with E-state index in [1.807, 2.05) is 17.8 Å². The van der Waals surface area contributed by atoms with E-state index >= 15 is 0 Å². The van der Waals surface area contributed by atoms with Gasteiger partial charge in [0.15, 0.2) is 4.34 Å². The second kappa shape index (κ2) is 4.54. The Labute approximate surface area is 98.9 Å². The highest BCUT2D eigenvalue weighted by atomic mass is 32.2. The molecule has 1 aromatic heterocycles. The van der Waals surface area contributed by atoms with Crippen LogP contribution in [-0.4, -0.2) is 10.2 Å². The third-order valence-corrected chi connectivity index (χ3v) is 5.08. The average Bonchev–Trinajstić information content (AvgIpc) is 2.59. The van der Waals surface area contributed by atoms with Gasteiger partial charge >= 0.3 is 0 Å². The van der Waals surface area contributed by atoms with Crippen molar-refractivity contribution in [3.8, 4) is 0 Å². The topological polar surface area (TPSA) is 12.9 Å². The molecular weight excluding hydrogens is 222 g/mol. The molecule has 1 atom stereocenters. The van der Waals surface area contributed by atoms with Gasteiger partial charge < -0.3 is 0 Å². The fraction of sp³-hybridized carbons (Fsp3) is 0.417. The smallest absolute Gasteiger partial charge is 0.151 e. The van der Waals surface area contributed by atoms with Gasteiger partial charge in [-0.05, 0) is 18.1 Å². The molecule has 15 heavy (non-hydrogen) atoms. The lowest BCUT2D eigenvalue weighted by atomic mass is 10.2. The Kier molecular flexibility index (Phi) is 3.32. The molecule has 1 unspecified atom stereocenters. The van der Waals surface area contributed by atoms with E-state index in [0.717, 1.165) is 5.52 Å². The van der Waals surface area contributed by atoms with Gasteiger partial charge in [0.05, 0.1) is 10.2 Å². The number of aromatic nitrogens is 1. The lowest BCUT2D eigenvalue weighted by Gasteiger charge is -2.12. The normalized spacial score (nSPS) is 13.6. The standard InChI is InChI=1S/C12H15NS2/c1-8(2)9(3)14-12-13-10-6-4-5-7-11(10)15-12/h4-9H,1-3H3. The van der Waals surface area contributed by atoms with Gasteiger partial charge in [0, 0.05) is 5.25 Å². The maximum absolute atomic E-state index is 4.62. The summed E-state index contributed by atoms with van der Waals surface area (Å²) in [6, 6.07) is 8.33. The largest absolute Gasteiger partial charge is 0.230 e. The zero-order chi connectivity index (χ0) is 10.8. The third-order valence-electron chi connectivity index (χ3n) is 2.50. The molecule has 1 aromatic carbocycles. The van der Waals surface area contributed by atoms with Crippen LogP contribution in [-0.2, 0) is 0 Å². The fourth-order valence-electron chi connectivity index (χ4n) is 1.20. The summed E-state index contributed by atoms with van der Waals surface area (Å²) in [5.41, 5.74) is 1.13. The molecule has 80 valence electrons. The van der Waals surface area contributed by atoms with Crippen molar-refractivity contribution in [3.63, 3.8) is 0 Å². The van der Waals surface area contributed by atoms with Crippen molar-refractivity contribution in [1.29, 1.82) is 0 Å². The number of para-hydroxylation sites is 1. The molecule has 0 aliphatic carbocycles. The summed E-state index contributed by atoms with van der Waals surface area (Å²) in [7, 11) is 0. The minimum atomic E-state index is 0.630. The van der Waals surface area contributed by atoms with Crippen LogP contribution >= 0.6 is 23.1 Å². The number of thioether (sulfide) groups is 1. The molecule has 0 N–H and O–H groups in total. The van der Waals surface area contributed by atoms with Crippen LogP contribution in [0, 0.1) is 5.92 Å². The summed E-state index contributed by atoms with van der Waals surface area (Å²) in [6.07, 6.45) is 0. The molecule has 0 fully saturated rings. The quantitative estimate of drug-likeness (QED) is 0.732. The Morgan fingerprint density at radius 2 is 1.93 bits per heavy atom. The Morgan fingerprint density at radius 3 is 2.60 bits per heavy atom. The van der Waals surface area contributed by atoms with Gasteiger partial charge in [-0.15, -0.1) is 11.3 Å². The van der Waals surface area contributed by atoms with Crippen LogP contribution < -0.4 is 0 Å². The molecule has 0 radical (unpaired) electrons. The number of rotatable bonds is 3. The van der Waals surface area contributed by atoms with E-state index in [9.17, 15) is 0 Å². The first-order valence-corrected chi connectivity index (χ1v) is 6.88. The lowest BCUT2D eigenvalue weighted by molar-refractivity contribution is 0.642. The summed E-state index contributed by atoms with van der Waals surface area (Å²) < 4.78 is 2.48. The maximum Gasteiger partial charge on any atom is 0.151 e. The zero-order valence-corrected chi connectivity index (χ0v) is 10.9. The highest BCUT2D eigenvalue weighted by Gasteiger charge is 2.11. The van der Waals surface area contributed by atoms with Gasteiger partial charge in [-0.25, -0.2) is 4.98 Å². The van der Waals surface area contributed by atoms with E-state index in [2.05, 4.69) is 44.0 Å². The number of fused-ring (bicyclic) bond motifs is 1. The lowest BCUT2D eigenvalue weighted by Crippen LogP contribution is -2.04. The first-order valence-electron chi connectivity index (χ1n) is 5.19. The molecule has 3 heteroatoms. The van der Waals surface area contributed by atoms with Gasteiger partial charge in [-0.2, -0.15) is 0 Å². The van der Waals surface area contributed by atoms with Crippen LogP contribution in [0.5, 0.6) is 0 Å². The molecule has 1 heterocycles. The van der Waals surface area contributed by atoms with E-state index in [1.165, 1.54) is 9.04 Å². The predicted octanol–water partition coefficient (Wildman–Crippen LogP) is 4.43. The third kappa shape index (κ3) is 2.52. The molecule has 0 saturated carbocycles. The Bertz CT molecular complexity index is 415. The molecule has 0 bridgehead atoms. The van der Waals surface area contributed by atoms with Crippen molar-refractivity contribution in [2.75, 3.05) is 0 Å². The Balaban J connectivity index is 2.22. The average molecular weight is 237 g/mol. The second-order valence-electron chi connectivity index (χ2n) is 4.01. The van der Waals surface area contributed by atoms with Crippen LogP contribution in [0.1, 0.15) is 20.8 Å². The van der Waals surface area contributed by atoms with Crippen molar-refractivity contribution in [1.82, 2.24) is 4.98 Å². The van der Waals surface area contributed by atoms with Crippen molar-refractivity contribution >= 4 is 33.3 Å². The second-order valence-corrected chi connectivity index (χ2v) is 6.67. The number of thiazole rings is 1. The predicted molar refractivity (Wildman–Crippen MR) is 69.8 cm³/mol. The molecule has 2 rings (SSSR count). The zero-order valence-electron chi connectivity index (χ0n) is 9.23. The highest BCUT2D eigenvalue weighted by Crippen LogP contribution is 2.33. The van der Waals surface area contributed by atoms with Crippen molar-refractivity contribution in [2.24, 2.45) is 5.92 Å². The molecule has 2 aromatic rings. The summed E-state index contributed by atoms with van der Waals surface area (Å²) >= 11 is 3.68. The van der Waals surface area contributed by atoms with Crippen LogP contribution in [0.4, 0.5) is 0 Å². The van der Waals surface area contributed by atoms with Gasteiger partial charge in [0.1, 0.15) is 0 Å². The number of hydrogen-bond donors (Lipinski definition) is 0. The van der Waals surface area contributed by atoms with Crippen LogP contribution in [0.2, 0.25) is 0 Å². The van der Waals surface area contributed by atoms with Gasteiger partial charge in [-0.1, -0.05) is 44.7 Å². The number of benzene rings is 1. The van der Waals surface area contributed by atoms with Crippen LogP contribution in [0.15, 0.2) is 28.6 Å². The van der Waals surface area contributed by atoms with Crippen molar-refractivity contribution in [2.45, 2.75) is 30.4 Å². The van der Waals surface area contributed by atoms with E-state index < -0.39 is 0 Å². The minimum Gasteiger partial charge on any atom is -0.230 e. The molecular formula is C12H15NS2. The molecule has 0 aliphatic rings. The Hall–Kier alpha value is -0.540. The number of nitrogens with zero attached hydrogens (tertiary/aromatic N) is 1. The maximum atomic E-state index is 4.62. The highest BCUT2D eigenvalue weighted by molar-refractivity contribution is 8.01.